The summed E-state index contributed by atoms with van der Waals surface area (Å²) < 4.78 is 31.4. The van der Waals surface area contributed by atoms with Crippen molar-refractivity contribution >= 4 is 33.0 Å². The van der Waals surface area contributed by atoms with E-state index in [1.807, 2.05) is 0 Å². The summed E-state index contributed by atoms with van der Waals surface area (Å²) in [5.41, 5.74) is -0.369. The van der Waals surface area contributed by atoms with Crippen LogP contribution in [0.3, 0.4) is 0 Å². The van der Waals surface area contributed by atoms with Crippen LogP contribution in [0, 0.1) is 16.7 Å². The van der Waals surface area contributed by atoms with Crippen LogP contribution in [0.15, 0.2) is 53.4 Å². The van der Waals surface area contributed by atoms with Gasteiger partial charge in [0.05, 0.1) is 22.8 Å². The van der Waals surface area contributed by atoms with Crippen LogP contribution in [0.4, 0.5) is 0 Å². The molecule has 25 heavy (non-hydrogen) atoms. The average molecular weight is 396 g/mol. The van der Waals surface area contributed by atoms with E-state index < -0.39 is 26.4 Å². The van der Waals surface area contributed by atoms with Gasteiger partial charge in [-0.05, 0) is 42.0 Å². The first-order chi connectivity index (χ1) is 11.9. The molecule has 2 aromatic rings. The Balaban J connectivity index is 2.07. The monoisotopic (exact) mass is 395 g/mol. The molecule has 0 amide bonds. The summed E-state index contributed by atoms with van der Waals surface area (Å²) in [6.45, 7) is 0.0360. The quantitative estimate of drug-likeness (QED) is 0.764. The summed E-state index contributed by atoms with van der Waals surface area (Å²) in [6.07, 6.45) is 0. The van der Waals surface area contributed by atoms with E-state index in [4.69, 9.17) is 27.9 Å². The lowest BCUT2D eigenvalue weighted by Gasteiger charge is -2.08. The molecule has 3 atom stereocenters. The van der Waals surface area contributed by atoms with Gasteiger partial charge in [0.15, 0.2) is 9.84 Å². The molecular weight excluding hydrogens is 381 g/mol. The Morgan fingerprint density at radius 3 is 2.08 bits per heavy atom. The molecule has 0 heterocycles. The van der Waals surface area contributed by atoms with Crippen LogP contribution in [-0.4, -0.2) is 27.4 Å². The van der Waals surface area contributed by atoms with E-state index in [1.54, 1.807) is 24.3 Å². The van der Waals surface area contributed by atoms with Crippen LogP contribution in [0.1, 0.15) is 11.5 Å². The van der Waals surface area contributed by atoms with E-state index in [2.05, 4.69) is 6.07 Å². The second-order valence-electron chi connectivity index (χ2n) is 6.03. The number of rotatable bonds is 5. The van der Waals surface area contributed by atoms with Gasteiger partial charge >= 0.3 is 0 Å². The summed E-state index contributed by atoms with van der Waals surface area (Å²) in [6, 6.07) is 15.1. The Bertz CT molecular complexity index is 920. The fourth-order valence-electron chi connectivity index (χ4n) is 3.35. The highest BCUT2D eigenvalue weighted by Gasteiger charge is 2.72. The van der Waals surface area contributed by atoms with Crippen molar-refractivity contribution in [1.82, 2.24) is 0 Å². The number of nitrogens with zero attached hydrogens (tertiary/aromatic N) is 1. The van der Waals surface area contributed by atoms with Crippen molar-refractivity contribution in [3.8, 4) is 6.07 Å². The Labute approximate surface area is 156 Å². The smallest absolute Gasteiger partial charge is 0.183 e. The van der Waals surface area contributed by atoms with Crippen molar-refractivity contribution in [3.05, 3.63) is 64.1 Å². The molecule has 0 aromatic heterocycles. The van der Waals surface area contributed by atoms with Gasteiger partial charge in [0, 0.05) is 23.1 Å². The number of hydrogen-bond donors (Lipinski definition) is 0. The molecule has 0 aliphatic heterocycles. The Hall–Kier alpha value is -1.58. The minimum atomic E-state index is -3.73. The van der Waals surface area contributed by atoms with Gasteiger partial charge in [-0.15, -0.1) is 0 Å². The number of hydrogen-bond acceptors (Lipinski definition) is 4. The fourth-order valence-corrected chi connectivity index (χ4v) is 5.91. The Morgan fingerprint density at radius 2 is 1.60 bits per heavy atom. The van der Waals surface area contributed by atoms with Gasteiger partial charge in [0.1, 0.15) is 5.41 Å². The van der Waals surface area contributed by atoms with E-state index >= 15 is 0 Å². The standard InChI is InChI=1S/C18H15Cl2NO3S/c1-24-11-18(10-21)16(12-2-4-13(19)5-3-12)17(18)25(22,23)15-8-6-14(20)7-9-15/h2-9,16-17H,11H2,1H3/t16-,17+,18+/m1/s1. The predicted octanol–water partition coefficient (Wildman–Crippen LogP) is 4.09. The fraction of sp³-hybridized carbons (Fsp3) is 0.278. The van der Waals surface area contributed by atoms with Crippen LogP contribution < -0.4 is 0 Å². The molecule has 0 bridgehead atoms. The number of methoxy groups -OCH3 is 1. The van der Waals surface area contributed by atoms with Gasteiger partial charge in [-0.25, -0.2) is 8.42 Å². The molecule has 130 valence electrons. The third kappa shape index (κ3) is 3.04. The van der Waals surface area contributed by atoms with Crippen molar-refractivity contribution in [3.63, 3.8) is 0 Å². The van der Waals surface area contributed by atoms with Gasteiger partial charge in [-0.1, -0.05) is 35.3 Å². The molecule has 2 aromatic carbocycles. The van der Waals surface area contributed by atoms with E-state index in [0.717, 1.165) is 5.56 Å². The van der Waals surface area contributed by atoms with Gasteiger partial charge in [-0.3, -0.25) is 0 Å². The largest absolute Gasteiger partial charge is 0.383 e. The molecule has 0 saturated heterocycles. The van der Waals surface area contributed by atoms with Gasteiger partial charge in [0.2, 0.25) is 0 Å². The number of nitriles is 1. The summed E-state index contributed by atoms with van der Waals surface area (Å²) in [5.74, 6) is -0.476. The van der Waals surface area contributed by atoms with Crippen LogP contribution in [-0.2, 0) is 14.6 Å². The lowest BCUT2D eigenvalue weighted by molar-refractivity contribution is 0.162. The highest BCUT2D eigenvalue weighted by Crippen LogP contribution is 2.63. The first-order valence-corrected chi connectivity index (χ1v) is 9.82. The van der Waals surface area contributed by atoms with Crippen LogP contribution >= 0.6 is 23.2 Å². The van der Waals surface area contributed by atoms with E-state index in [9.17, 15) is 13.7 Å². The number of halogens is 2. The minimum Gasteiger partial charge on any atom is -0.383 e. The normalized spacial score (nSPS) is 25.4. The molecule has 4 nitrogen and oxygen atoms in total. The van der Waals surface area contributed by atoms with E-state index in [-0.39, 0.29) is 11.5 Å². The zero-order valence-corrected chi connectivity index (χ0v) is 15.6. The SMILES string of the molecule is COC[C@@]1(C#N)[C@H](c2ccc(Cl)cc2)[C@@H]1S(=O)(=O)c1ccc(Cl)cc1. The molecule has 0 unspecified atom stereocenters. The molecule has 0 radical (unpaired) electrons. The second-order valence-corrected chi connectivity index (χ2v) is 8.98. The van der Waals surface area contributed by atoms with Gasteiger partial charge in [0.25, 0.3) is 0 Å². The Morgan fingerprint density at radius 1 is 1.08 bits per heavy atom. The Kier molecular flexibility index (Phi) is 4.82. The predicted molar refractivity (Wildman–Crippen MR) is 96.5 cm³/mol. The van der Waals surface area contributed by atoms with Crippen molar-refractivity contribution < 1.29 is 13.2 Å². The third-order valence-electron chi connectivity index (χ3n) is 4.55. The van der Waals surface area contributed by atoms with Gasteiger partial charge in [-0.2, -0.15) is 5.26 Å². The zero-order valence-electron chi connectivity index (χ0n) is 13.3. The molecule has 3 rings (SSSR count). The second kappa shape index (κ2) is 6.62. The summed E-state index contributed by atoms with van der Waals surface area (Å²) >= 11 is 11.8. The lowest BCUT2D eigenvalue weighted by Crippen LogP contribution is -2.19. The molecule has 0 N–H and O–H groups in total. The van der Waals surface area contributed by atoms with Crippen molar-refractivity contribution in [1.29, 1.82) is 5.26 Å². The minimum absolute atomic E-state index is 0.0360. The van der Waals surface area contributed by atoms with Gasteiger partial charge < -0.3 is 4.74 Å². The summed E-state index contributed by atoms with van der Waals surface area (Å²) in [5, 5.41) is 9.88. The summed E-state index contributed by atoms with van der Waals surface area (Å²) in [7, 11) is -2.27. The highest BCUT2D eigenvalue weighted by molar-refractivity contribution is 7.92. The van der Waals surface area contributed by atoms with Crippen molar-refractivity contribution in [2.75, 3.05) is 13.7 Å². The van der Waals surface area contributed by atoms with Crippen molar-refractivity contribution in [2.24, 2.45) is 5.41 Å². The molecule has 0 spiro atoms. The molecule has 1 aliphatic rings. The van der Waals surface area contributed by atoms with Crippen molar-refractivity contribution in [2.45, 2.75) is 16.1 Å². The number of benzene rings is 2. The topological polar surface area (TPSA) is 67.2 Å². The average Bonchev–Trinajstić information content (AvgIpc) is 3.26. The van der Waals surface area contributed by atoms with Crippen LogP contribution in [0.2, 0.25) is 10.0 Å². The first-order valence-electron chi connectivity index (χ1n) is 7.52. The van der Waals surface area contributed by atoms with Crippen LogP contribution in [0.5, 0.6) is 0 Å². The van der Waals surface area contributed by atoms with E-state index in [1.165, 1.54) is 31.4 Å². The van der Waals surface area contributed by atoms with E-state index in [0.29, 0.717) is 10.0 Å². The molecular formula is C18H15Cl2NO3S. The number of sulfone groups is 1. The van der Waals surface area contributed by atoms with Crippen LogP contribution in [0.25, 0.3) is 0 Å². The molecule has 1 fully saturated rings. The lowest BCUT2D eigenvalue weighted by atomic mass is 10.0. The zero-order chi connectivity index (χ0) is 18.2. The molecule has 1 saturated carbocycles. The maximum atomic E-state index is 13.1. The first kappa shape index (κ1) is 18.2. The molecule has 1 aliphatic carbocycles. The maximum absolute atomic E-state index is 13.1. The summed E-state index contributed by atoms with van der Waals surface area (Å²) in [4.78, 5) is 0.147. The molecule has 7 heteroatoms. The third-order valence-corrected chi connectivity index (χ3v) is 7.35. The highest BCUT2D eigenvalue weighted by atomic mass is 35.5. The maximum Gasteiger partial charge on any atom is 0.183 e. The number of ether oxygens (including phenoxy) is 1.